The number of aromatic amines is 1. The lowest BCUT2D eigenvalue weighted by Gasteiger charge is -1.95. The zero-order chi connectivity index (χ0) is 11.6. The quantitative estimate of drug-likeness (QED) is 0.638. The number of rotatable bonds is 4. The van der Waals surface area contributed by atoms with Crippen LogP contribution in [0.3, 0.4) is 0 Å². The fourth-order valence-electron chi connectivity index (χ4n) is 1.40. The van der Waals surface area contributed by atoms with Crippen LogP contribution in [0.4, 0.5) is 0 Å². The maximum atomic E-state index is 10.7. The van der Waals surface area contributed by atoms with Gasteiger partial charge >= 0.3 is 11.9 Å². The lowest BCUT2D eigenvalue weighted by atomic mass is 10.1. The SMILES string of the molecule is CCc1c(C(=O)O)[nH]c(C(=O)O)c1C=O. The molecule has 0 radical (unpaired) electrons. The average Bonchev–Trinajstić information content (AvgIpc) is 2.55. The lowest BCUT2D eigenvalue weighted by molar-refractivity contribution is 0.0687. The average molecular weight is 211 g/mol. The molecule has 6 nitrogen and oxygen atoms in total. The predicted molar refractivity (Wildman–Crippen MR) is 49.5 cm³/mol. The van der Waals surface area contributed by atoms with E-state index >= 15 is 0 Å². The van der Waals surface area contributed by atoms with Crippen LogP contribution < -0.4 is 0 Å². The van der Waals surface area contributed by atoms with Gasteiger partial charge in [-0.25, -0.2) is 9.59 Å². The molecule has 1 heterocycles. The van der Waals surface area contributed by atoms with Crippen LogP contribution in [-0.2, 0) is 6.42 Å². The van der Waals surface area contributed by atoms with Crippen molar-refractivity contribution in [3.05, 3.63) is 22.5 Å². The van der Waals surface area contributed by atoms with Crippen LogP contribution in [0.25, 0.3) is 0 Å². The number of carboxylic acid groups (broad SMARTS) is 2. The highest BCUT2D eigenvalue weighted by Gasteiger charge is 2.23. The monoisotopic (exact) mass is 211 g/mol. The zero-order valence-corrected chi connectivity index (χ0v) is 7.90. The Hall–Kier alpha value is -2.11. The van der Waals surface area contributed by atoms with Crippen LogP contribution in [0.2, 0.25) is 0 Å². The summed E-state index contributed by atoms with van der Waals surface area (Å²) in [5.74, 6) is -2.62. The molecule has 0 aliphatic rings. The number of hydrogen-bond donors (Lipinski definition) is 3. The summed E-state index contributed by atoms with van der Waals surface area (Å²) in [4.78, 5) is 34.3. The fraction of sp³-hybridized carbons (Fsp3) is 0.222. The molecular formula is C9H9NO5. The fourth-order valence-corrected chi connectivity index (χ4v) is 1.40. The van der Waals surface area contributed by atoms with Gasteiger partial charge in [-0.3, -0.25) is 4.79 Å². The molecule has 0 aromatic carbocycles. The molecule has 3 N–H and O–H groups in total. The van der Waals surface area contributed by atoms with Crippen LogP contribution in [0.15, 0.2) is 0 Å². The first-order chi connectivity index (χ1) is 7.02. The number of nitrogens with one attached hydrogen (secondary N) is 1. The molecule has 0 aliphatic carbocycles. The van der Waals surface area contributed by atoms with Gasteiger partial charge in [-0.1, -0.05) is 6.92 Å². The van der Waals surface area contributed by atoms with Crippen LogP contribution in [0.1, 0.15) is 43.8 Å². The van der Waals surface area contributed by atoms with Gasteiger partial charge in [0, 0.05) is 0 Å². The minimum absolute atomic E-state index is 0.0950. The summed E-state index contributed by atoms with van der Waals surface area (Å²) in [5, 5.41) is 17.5. The van der Waals surface area contributed by atoms with Crippen LogP contribution >= 0.6 is 0 Å². The number of carboxylic acids is 2. The standard InChI is InChI=1S/C9H9NO5/c1-2-4-5(3-11)7(9(14)15)10-6(4)8(12)13/h3,10H,2H2,1H3,(H,12,13)(H,14,15). The van der Waals surface area contributed by atoms with E-state index in [4.69, 9.17) is 10.2 Å². The third kappa shape index (κ3) is 1.74. The van der Waals surface area contributed by atoms with E-state index in [0.717, 1.165) is 0 Å². The second-order valence-electron chi connectivity index (χ2n) is 2.85. The van der Waals surface area contributed by atoms with Gasteiger partial charge in [0.1, 0.15) is 11.4 Å². The van der Waals surface area contributed by atoms with Gasteiger partial charge in [0.05, 0.1) is 5.56 Å². The third-order valence-electron chi connectivity index (χ3n) is 2.05. The first-order valence-corrected chi connectivity index (χ1v) is 4.19. The second kappa shape index (κ2) is 3.95. The van der Waals surface area contributed by atoms with Gasteiger partial charge in [-0.05, 0) is 12.0 Å². The number of aldehydes is 1. The van der Waals surface area contributed by atoms with Gasteiger partial charge in [-0.2, -0.15) is 0 Å². The molecule has 0 amide bonds. The Morgan fingerprint density at radius 1 is 1.27 bits per heavy atom. The third-order valence-corrected chi connectivity index (χ3v) is 2.05. The van der Waals surface area contributed by atoms with E-state index in [1.807, 2.05) is 0 Å². The summed E-state index contributed by atoms with van der Waals surface area (Å²) in [6.07, 6.45) is 0.630. The number of H-pyrrole nitrogens is 1. The normalized spacial score (nSPS) is 9.93. The number of aromatic carboxylic acids is 2. The number of aromatic nitrogens is 1. The molecule has 0 saturated heterocycles. The van der Waals surface area contributed by atoms with E-state index in [-0.39, 0.29) is 28.9 Å². The van der Waals surface area contributed by atoms with Crippen molar-refractivity contribution in [1.82, 2.24) is 4.98 Å². The van der Waals surface area contributed by atoms with Crippen molar-refractivity contribution in [2.24, 2.45) is 0 Å². The molecule has 1 aromatic rings. The molecular weight excluding hydrogens is 202 g/mol. The minimum Gasteiger partial charge on any atom is -0.477 e. The first kappa shape index (κ1) is 11.0. The second-order valence-corrected chi connectivity index (χ2v) is 2.85. The van der Waals surface area contributed by atoms with Gasteiger partial charge < -0.3 is 15.2 Å². The molecule has 0 fully saturated rings. The minimum atomic E-state index is -1.35. The first-order valence-electron chi connectivity index (χ1n) is 4.19. The highest BCUT2D eigenvalue weighted by atomic mass is 16.4. The number of carbonyl (C=O) groups is 3. The van der Waals surface area contributed by atoms with Gasteiger partial charge in [0.2, 0.25) is 0 Å². The van der Waals surface area contributed by atoms with E-state index in [9.17, 15) is 14.4 Å². The summed E-state index contributed by atoms with van der Waals surface area (Å²) < 4.78 is 0. The van der Waals surface area contributed by atoms with Crippen LogP contribution in [0, 0.1) is 0 Å². The maximum Gasteiger partial charge on any atom is 0.353 e. The molecule has 0 unspecified atom stereocenters. The molecule has 0 spiro atoms. The Balaban J connectivity index is 3.50. The molecule has 1 rings (SSSR count). The Morgan fingerprint density at radius 3 is 2.13 bits per heavy atom. The van der Waals surface area contributed by atoms with Gasteiger partial charge in [-0.15, -0.1) is 0 Å². The number of carbonyl (C=O) groups excluding carboxylic acids is 1. The van der Waals surface area contributed by atoms with Crippen LogP contribution in [0.5, 0.6) is 0 Å². The highest BCUT2D eigenvalue weighted by Crippen LogP contribution is 2.18. The molecule has 80 valence electrons. The smallest absolute Gasteiger partial charge is 0.353 e. The van der Waals surface area contributed by atoms with Crippen molar-refractivity contribution in [3.8, 4) is 0 Å². The maximum absolute atomic E-state index is 10.7. The molecule has 6 heteroatoms. The van der Waals surface area contributed by atoms with E-state index in [0.29, 0.717) is 6.29 Å². The van der Waals surface area contributed by atoms with Crippen LogP contribution in [-0.4, -0.2) is 33.4 Å². The van der Waals surface area contributed by atoms with E-state index in [1.165, 1.54) is 0 Å². The van der Waals surface area contributed by atoms with Crippen molar-refractivity contribution in [1.29, 1.82) is 0 Å². The summed E-state index contributed by atoms with van der Waals surface area (Å²) in [7, 11) is 0. The number of hydrogen-bond acceptors (Lipinski definition) is 3. The van der Waals surface area contributed by atoms with Crippen molar-refractivity contribution in [3.63, 3.8) is 0 Å². The molecule has 0 saturated carbocycles. The molecule has 0 aliphatic heterocycles. The Bertz CT molecular complexity index is 432. The largest absolute Gasteiger partial charge is 0.477 e. The molecule has 0 bridgehead atoms. The van der Waals surface area contributed by atoms with Crippen molar-refractivity contribution >= 4 is 18.2 Å². The Kier molecular flexibility index (Phi) is 2.89. The van der Waals surface area contributed by atoms with Crippen molar-refractivity contribution in [2.45, 2.75) is 13.3 Å². The van der Waals surface area contributed by atoms with Crippen molar-refractivity contribution in [2.75, 3.05) is 0 Å². The molecule has 1 aromatic heterocycles. The highest BCUT2D eigenvalue weighted by molar-refractivity contribution is 6.01. The van der Waals surface area contributed by atoms with Gasteiger partial charge in [0.25, 0.3) is 0 Å². The lowest BCUT2D eigenvalue weighted by Crippen LogP contribution is -2.02. The summed E-state index contributed by atoms with van der Waals surface area (Å²) in [5.41, 5.74) is -0.492. The van der Waals surface area contributed by atoms with Gasteiger partial charge in [0.15, 0.2) is 6.29 Å². The predicted octanol–water partition coefficient (Wildman–Crippen LogP) is 0.786. The van der Waals surface area contributed by atoms with Crippen molar-refractivity contribution < 1.29 is 24.6 Å². The van der Waals surface area contributed by atoms with E-state index < -0.39 is 11.9 Å². The Morgan fingerprint density at radius 2 is 1.80 bits per heavy atom. The molecule has 0 atom stereocenters. The zero-order valence-electron chi connectivity index (χ0n) is 7.90. The summed E-state index contributed by atoms with van der Waals surface area (Å²) in [6.45, 7) is 1.65. The van der Waals surface area contributed by atoms with E-state index in [1.54, 1.807) is 6.92 Å². The summed E-state index contributed by atoms with van der Waals surface area (Å²) in [6, 6.07) is 0. The molecule has 15 heavy (non-hydrogen) atoms. The summed E-state index contributed by atoms with van der Waals surface area (Å²) >= 11 is 0. The Labute approximate surface area is 84.5 Å². The topological polar surface area (TPSA) is 107 Å². The van der Waals surface area contributed by atoms with E-state index in [2.05, 4.69) is 4.98 Å².